The van der Waals surface area contributed by atoms with E-state index in [1.807, 2.05) is 30.5 Å². The second-order valence-corrected chi connectivity index (χ2v) is 6.91. The fourth-order valence-corrected chi connectivity index (χ4v) is 2.89. The Bertz CT molecular complexity index is 533. The second kappa shape index (κ2) is 11.0. The predicted octanol–water partition coefficient (Wildman–Crippen LogP) is 2.81. The number of carbonyl (C=O) groups excluding carboxylic acids is 3. The highest BCUT2D eigenvalue weighted by Gasteiger charge is 2.09. The lowest BCUT2D eigenvalue weighted by molar-refractivity contribution is -0.141. The molecule has 0 fully saturated rings. The average Bonchev–Trinajstić information content (AvgIpc) is 2.57. The molecule has 0 aliphatic carbocycles. The van der Waals surface area contributed by atoms with E-state index < -0.39 is 12.1 Å². The van der Waals surface area contributed by atoms with Gasteiger partial charge in [-0.1, -0.05) is 33.7 Å². The van der Waals surface area contributed by atoms with E-state index in [4.69, 9.17) is 4.74 Å². The summed E-state index contributed by atoms with van der Waals surface area (Å²) in [5.41, 5.74) is 0.864. The zero-order valence-electron chi connectivity index (χ0n) is 13.0. The molecule has 0 atom stereocenters. The molecule has 1 aromatic rings. The summed E-state index contributed by atoms with van der Waals surface area (Å²) in [6.07, 6.45) is 1.37. The summed E-state index contributed by atoms with van der Waals surface area (Å²) < 4.78 is 9.45. The first-order valence-electron chi connectivity index (χ1n) is 6.84. The number of hydrogen-bond donors (Lipinski definition) is 1. The lowest BCUT2D eigenvalue weighted by Crippen LogP contribution is -2.30. The molecule has 0 spiro atoms. The maximum absolute atomic E-state index is 11.5. The minimum Gasteiger partial charge on any atom is -0.469 e. The number of carbonyl (C=O) groups is 3. The van der Waals surface area contributed by atoms with Gasteiger partial charge in [0.25, 0.3) is 0 Å². The number of amides is 1. The van der Waals surface area contributed by atoms with E-state index in [0.717, 1.165) is 10.5 Å². The minimum atomic E-state index is -0.668. The Labute approximate surface area is 143 Å². The highest BCUT2D eigenvalue weighted by Crippen LogP contribution is 2.28. The number of rotatable bonds is 9. The van der Waals surface area contributed by atoms with E-state index >= 15 is 0 Å². The number of hydrogen-bond acceptors (Lipinski definition) is 7. The number of esters is 1. The summed E-state index contributed by atoms with van der Waals surface area (Å²) in [6, 6.07) is 7.67. The molecular formula is C15H19NO5S2. The van der Waals surface area contributed by atoms with Crippen LogP contribution in [-0.2, 0) is 25.7 Å². The van der Waals surface area contributed by atoms with Crippen molar-refractivity contribution in [3.63, 3.8) is 0 Å². The number of nitrogens with one attached hydrogen (secondary N) is 1. The third kappa shape index (κ3) is 8.51. The van der Waals surface area contributed by atoms with Crippen molar-refractivity contribution >= 4 is 39.4 Å². The van der Waals surface area contributed by atoms with Gasteiger partial charge in [-0.15, -0.1) is 0 Å². The molecular weight excluding hydrogens is 338 g/mol. The van der Waals surface area contributed by atoms with Gasteiger partial charge in [-0.2, -0.15) is 0 Å². The fraction of sp³-hybridized carbons (Fsp3) is 0.400. The number of Topliss-reactive ketones (excluding diaryl/α,β-unsaturated/α-hetero) is 1. The van der Waals surface area contributed by atoms with Crippen LogP contribution in [0.5, 0.6) is 0 Å². The van der Waals surface area contributed by atoms with Crippen molar-refractivity contribution in [2.45, 2.75) is 24.3 Å². The standard InChI is InChI=1S/C15H19NO5S2/c1-20-14(18)8-5-12(17)9-16-15(19)21-10-11-3-6-13(7-4-11)23-22-2/h3-4,6-7H,5,8-10H2,1-2H3,(H,16,19). The monoisotopic (exact) mass is 357 g/mol. The van der Waals surface area contributed by atoms with Crippen LogP contribution in [0, 0.1) is 0 Å². The van der Waals surface area contributed by atoms with Gasteiger partial charge < -0.3 is 14.8 Å². The summed E-state index contributed by atoms with van der Waals surface area (Å²) in [5, 5.41) is 2.36. The van der Waals surface area contributed by atoms with Crippen molar-refractivity contribution < 1.29 is 23.9 Å². The Morgan fingerprint density at radius 2 is 1.83 bits per heavy atom. The van der Waals surface area contributed by atoms with Crippen molar-refractivity contribution in [2.24, 2.45) is 0 Å². The third-order valence-electron chi connectivity index (χ3n) is 2.74. The molecule has 8 heteroatoms. The van der Waals surface area contributed by atoms with Crippen LogP contribution < -0.4 is 5.32 Å². The molecule has 0 saturated carbocycles. The first-order chi connectivity index (χ1) is 11.0. The summed E-state index contributed by atoms with van der Waals surface area (Å²) in [4.78, 5) is 35.0. The van der Waals surface area contributed by atoms with Gasteiger partial charge in [0.1, 0.15) is 6.61 Å². The van der Waals surface area contributed by atoms with Crippen molar-refractivity contribution in [1.29, 1.82) is 0 Å². The number of ether oxygens (including phenoxy) is 2. The molecule has 0 aliphatic heterocycles. The summed E-state index contributed by atoms with van der Waals surface area (Å²) >= 11 is 0. The van der Waals surface area contributed by atoms with Gasteiger partial charge in [0.2, 0.25) is 0 Å². The first-order valence-corrected chi connectivity index (χ1v) is 9.39. The highest BCUT2D eigenvalue weighted by molar-refractivity contribution is 8.76. The Balaban J connectivity index is 2.23. The number of methoxy groups -OCH3 is 1. The van der Waals surface area contributed by atoms with Gasteiger partial charge >= 0.3 is 12.1 Å². The van der Waals surface area contributed by atoms with Gasteiger partial charge in [-0.05, 0) is 24.0 Å². The Hall–Kier alpha value is -1.67. The fourth-order valence-electron chi connectivity index (χ4n) is 1.54. The molecule has 1 N–H and O–H groups in total. The molecule has 0 aromatic heterocycles. The summed E-state index contributed by atoms with van der Waals surface area (Å²) in [6.45, 7) is -0.0362. The molecule has 1 amide bonds. The number of alkyl carbamates (subject to hydrolysis) is 1. The second-order valence-electron chi connectivity index (χ2n) is 4.44. The lowest BCUT2D eigenvalue weighted by Gasteiger charge is -2.07. The number of ketones is 1. The van der Waals surface area contributed by atoms with Crippen LogP contribution in [0.4, 0.5) is 4.79 Å². The maximum Gasteiger partial charge on any atom is 0.407 e. The molecule has 6 nitrogen and oxygen atoms in total. The predicted molar refractivity (Wildman–Crippen MR) is 90.3 cm³/mol. The molecule has 0 radical (unpaired) electrons. The molecule has 23 heavy (non-hydrogen) atoms. The average molecular weight is 357 g/mol. The Morgan fingerprint density at radius 1 is 1.13 bits per heavy atom. The lowest BCUT2D eigenvalue weighted by atomic mass is 10.2. The van der Waals surface area contributed by atoms with E-state index in [-0.39, 0.29) is 31.8 Å². The maximum atomic E-state index is 11.5. The Morgan fingerprint density at radius 3 is 2.43 bits per heavy atom. The first kappa shape index (κ1) is 19.4. The van der Waals surface area contributed by atoms with E-state index in [2.05, 4.69) is 10.1 Å². The SMILES string of the molecule is COC(=O)CCC(=O)CNC(=O)OCc1ccc(SSC)cc1. The molecule has 0 aliphatic rings. The van der Waals surface area contributed by atoms with E-state index in [0.29, 0.717) is 0 Å². The van der Waals surface area contributed by atoms with E-state index in [1.165, 1.54) is 7.11 Å². The molecule has 0 heterocycles. The van der Waals surface area contributed by atoms with Crippen LogP contribution in [0.2, 0.25) is 0 Å². The summed E-state index contributed by atoms with van der Waals surface area (Å²) in [7, 11) is 4.57. The number of benzene rings is 1. The molecule has 126 valence electrons. The van der Waals surface area contributed by atoms with Gasteiger partial charge in [0.15, 0.2) is 5.78 Å². The normalized spacial score (nSPS) is 10.0. The largest absolute Gasteiger partial charge is 0.469 e. The van der Waals surface area contributed by atoms with Gasteiger partial charge in [-0.3, -0.25) is 9.59 Å². The van der Waals surface area contributed by atoms with Crippen LogP contribution in [-0.4, -0.2) is 37.8 Å². The van der Waals surface area contributed by atoms with Crippen LogP contribution in [0.3, 0.4) is 0 Å². The zero-order valence-corrected chi connectivity index (χ0v) is 14.6. The van der Waals surface area contributed by atoms with Crippen molar-refractivity contribution in [2.75, 3.05) is 19.9 Å². The van der Waals surface area contributed by atoms with Crippen LogP contribution in [0.1, 0.15) is 18.4 Å². The van der Waals surface area contributed by atoms with Crippen LogP contribution in [0.15, 0.2) is 29.2 Å². The van der Waals surface area contributed by atoms with Gasteiger partial charge in [0.05, 0.1) is 20.1 Å². The third-order valence-corrected chi connectivity index (χ3v) is 4.45. The molecule has 1 aromatic carbocycles. The van der Waals surface area contributed by atoms with Gasteiger partial charge in [0, 0.05) is 11.3 Å². The topological polar surface area (TPSA) is 81.7 Å². The molecule has 0 unspecified atom stereocenters. The van der Waals surface area contributed by atoms with Crippen molar-refractivity contribution in [1.82, 2.24) is 5.32 Å². The quantitative estimate of drug-likeness (QED) is 0.537. The molecule has 0 bridgehead atoms. The highest BCUT2D eigenvalue weighted by atomic mass is 33.1. The minimum absolute atomic E-state index is 0.00642. The van der Waals surface area contributed by atoms with Crippen LogP contribution >= 0.6 is 21.6 Å². The van der Waals surface area contributed by atoms with Gasteiger partial charge in [-0.25, -0.2) is 4.79 Å². The molecule has 1 rings (SSSR count). The zero-order chi connectivity index (χ0) is 17.1. The smallest absolute Gasteiger partial charge is 0.407 e. The van der Waals surface area contributed by atoms with E-state index in [1.54, 1.807) is 21.6 Å². The van der Waals surface area contributed by atoms with E-state index in [9.17, 15) is 14.4 Å². The van der Waals surface area contributed by atoms with Crippen molar-refractivity contribution in [3.05, 3.63) is 29.8 Å². The van der Waals surface area contributed by atoms with Crippen molar-refractivity contribution in [3.8, 4) is 0 Å². The Kier molecular flexibility index (Phi) is 9.23. The molecule has 0 saturated heterocycles. The summed E-state index contributed by atoms with van der Waals surface area (Å²) in [5.74, 6) is -0.713. The van der Waals surface area contributed by atoms with Crippen LogP contribution in [0.25, 0.3) is 0 Å².